The molecule has 2 aromatic rings. The van der Waals surface area contributed by atoms with E-state index in [0.717, 1.165) is 37.7 Å². The Morgan fingerprint density at radius 2 is 1.73 bits per heavy atom. The summed E-state index contributed by atoms with van der Waals surface area (Å²) in [5.74, 6) is 0.0861. The van der Waals surface area contributed by atoms with Crippen molar-refractivity contribution in [3.8, 4) is 5.75 Å². The summed E-state index contributed by atoms with van der Waals surface area (Å²) in [5.41, 5.74) is 0.745. The van der Waals surface area contributed by atoms with Crippen LogP contribution in [-0.2, 0) is 21.4 Å². The minimum Gasteiger partial charge on any atom is -0.484 e. The van der Waals surface area contributed by atoms with Gasteiger partial charge in [-0.3, -0.25) is 4.79 Å². The van der Waals surface area contributed by atoms with Crippen LogP contribution in [0.25, 0.3) is 0 Å². The predicted molar refractivity (Wildman–Crippen MR) is 117 cm³/mol. The smallest absolute Gasteiger partial charge is 0.258 e. The van der Waals surface area contributed by atoms with E-state index in [1.807, 2.05) is 0 Å². The molecule has 1 aliphatic carbocycles. The summed E-state index contributed by atoms with van der Waals surface area (Å²) in [6.07, 6.45) is 5.00. The number of hydrogen-bond donors (Lipinski definition) is 2. The van der Waals surface area contributed by atoms with Crippen LogP contribution in [0.15, 0.2) is 47.4 Å². The third-order valence-electron chi connectivity index (χ3n) is 4.92. The average molecular weight is 471 g/mol. The second kappa shape index (κ2) is 10.5. The highest BCUT2D eigenvalue weighted by Crippen LogP contribution is 2.22. The summed E-state index contributed by atoms with van der Waals surface area (Å²) in [6, 6.07) is 11.1. The average Bonchev–Trinajstić information content (AvgIpc) is 2.72. The molecule has 0 bridgehead atoms. The summed E-state index contributed by atoms with van der Waals surface area (Å²) in [7, 11) is -3.56. The highest BCUT2D eigenvalue weighted by Gasteiger charge is 2.21. The Labute approximate surface area is 187 Å². The zero-order valence-electron chi connectivity index (χ0n) is 16.4. The van der Waals surface area contributed by atoms with Crippen LogP contribution in [0.5, 0.6) is 5.75 Å². The molecule has 0 radical (unpaired) electrons. The molecule has 0 atom stereocenters. The second-order valence-corrected chi connectivity index (χ2v) is 9.79. The van der Waals surface area contributed by atoms with Gasteiger partial charge >= 0.3 is 0 Å². The number of ether oxygens (including phenoxy) is 1. The third-order valence-corrected chi connectivity index (χ3v) is 7.05. The van der Waals surface area contributed by atoms with E-state index >= 15 is 0 Å². The summed E-state index contributed by atoms with van der Waals surface area (Å²) in [5, 5.41) is 3.71. The Hall–Kier alpha value is -1.80. The van der Waals surface area contributed by atoms with Crippen LogP contribution >= 0.6 is 23.2 Å². The zero-order chi connectivity index (χ0) is 21.6. The van der Waals surface area contributed by atoms with Gasteiger partial charge in [-0.2, -0.15) is 0 Å². The van der Waals surface area contributed by atoms with Crippen LogP contribution in [0.3, 0.4) is 0 Å². The van der Waals surface area contributed by atoms with E-state index in [4.69, 9.17) is 27.9 Å². The number of sulfonamides is 1. The first-order chi connectivity index (χ1) is 14.3. The molecule has 2 N–H and O–H groups in total. The molecular formula is C21H24Cl2N2O4S. The molecule has 0 aromatic heterocycles. The third kappa shape index (κ3) is 6.60. The Kier molecular flexibility index (Phi) is 7.99. The molecule has 0 spiro atoms. The summed E-state index contributed by atoms with van der Waals surface area (Å²) < 4.78 is 33.2. The number of halogens is 2. The van der Waals surface area contributed by atoms with Crippen LogP contribution in [0.2, 0.25) is 10.0 Å². The minimum absolute atomic E-state index is 0.00230. The van der Waals surface area contributed by atoms with Crippen molar-refractivity contribution in [3.05, 3.63) is 58.1 Å². The molecular weight excluding hydrogens is 447 g/mol. The monoisotopic (exact) mass is 470 g/mol. The zero-order valence-corrected chi connectivity index (χ0v) is 18.7. The molecule has 1 saturated carbocycles. The van der Waals surface area contributed by atoms with Crippen molar-refractivity contribution in [3.63, 3.8) is 0 Å². The number of hydrogen-bond acceptors (Lipinski definition) is 4. The van der Waals surface area contributed by atoms with Gasteiger partial charge in [0.25, 0.3) is 5.91 Å². The van der Waals surface area contributed by atoms with E-state index in [-0.39, 0.29) is 30.0 Å². The lowest BCUT2D eigenvalue weighted by atomic mass is 9.96. The molecule has 3 rings (SSSR count). The van der Waals surface area contributed by atoms with Crippen molar-refractivity contribution in [2.75, 3.05) is 6.61 Å². The van der Waals surface area contributed by atoms with E-state index < -0.39 is 10.0 Å². The standard InChI is InChI=1S/C21H24Cl2N2O4S/c22-16-7-6-15(20(23)12-16)13-24-21(26)14-29-18-8-10-19(11-9-18)30(27,28)25-17-4-2-1-3-5-17/h6-12,17,25H,1-5,13-14H2,(H,24,26). The molecule has 9 heteroatoms. The fourth-order valence-electron chi connectivity index (χ4n) is 3.28. The van der Waals surface area contributed by atoms with Crippen molar-refractivity contribution in [1.82, 2.24) is 10.0 Å². The largest absolute Gasteiger partial charge is 0.484 e. The quantitative estimate of drug-likeness (QED) is 0.602. The van der Waals surface area contributed by atoms with E-state index in [2.05, 4.69) is 10.0 Å². The molecule has 0 saturated heterocycles. The highest BCUT2D eigenvalue weighted by atomic mass is 35.5. The van der Waals surface area contributed by atoms with Crippen molar-refractivity contribution in [1.29, 1.82) is 0 Å². The SMILES string of the molecule is O=C(COc1ccc(S(=O)(=O)NC2CCCCC2)cc1)NCc1ccc(Cl)cc1Cl. The van der Waals surface area contributed by atoms with Crippen molar-refractivity contribution in [2.24, 2.45) is 0 Å². The van der Waals surface area contributed by atoms with E-state index in [9.17, 15) is 13.2 Å². The van der Waals surface area contributed by atoms with Crippen LogP contribution < -0.4 is 14.8 Å². The van der Waals surface area contributed by atoms with E-state index in [1.54, 1.807) is 30.3 Å². The number of amides is 1. The first-order valence-corrected chi connectivity index (χ1v) is 12.0. The van der Waals surface area contributed by atoms with Gasteiger partial charge in [-0.25, -0.2) is 13.1 Å². The molecule has 0 heterocycles. The first-order valence-electron chi connectivity index (χ1n) is 9.79. The number of nitrogens with one attached hydrogen (secondary N) is 2. The Balaban J connectivity index is 1.48. The van der Waals surface area contributed by atoms with Crippen LogP contribution in [0, 0.1) is 0 Å². The molecule has 1 amide bonds. The van der Waals surface area contributed by atoms with E-state index in [0.29, 0.717) is 15.8 Å². The summed E-state index contributed by atoms with van der Waals surface area (Å²) >= 11 is 11.9. The normalized spacial score (nSPS) is 15.0. The van der Waals surface area contributed by atoms with Crippen LogP contribution in [0.1, 0.15) is 37.7 Å². The van der Waals surface area contributed by atoms with Gasteiger partial charge in [0.05, 0.1) is 4.90 Å². The van der Waals surface area contributed by atoms with E-state index in [1.165, 1.54) is 12.1 Å². The van der Waals surface area contributed by atoms with Gasteiger partial charge in [0.1, 0.15) is 5.75 Å². The van der Waals surface area contributed by atoms with Crippen molar-refractivity contribution < 1.29 is 17.9 Å². The molecule has 162 valence electrons. The number of carbonyl (C=O) groups excluding carboxylic acids is 1. The number of rotatable bonds is 8. The van der Waals surface area contributed by atoms with Crippen LogP contribution in [0.4, 0.5) is 0 Å². The Bertz CT molecular complexity index is 975. The maximum absolute atomic E-state index is 12.5. The van der Waals surface area contributed by atoms with Crippen molar-refractivity contribution in [2.45, 2.75) is 49.6 Å². The molecule has 1 aliphatic rings. The molecule has 0 unspecified atom stereocenters. The summed E-state index contributed by atoms with van der Waals surface area (Å²) in [4.78, 5) is 12.2. The molecule has 0 aliphatic heterocycles. The maximum atomic E-state index is 12.5. The Morgan fingerprint density at radius 1 is 1.03 bits per heavy atom. The molecule has 6 nitrogen and oxygen atoms in total. The molecule has 2 aromatic carbocycles. The fourth-order valence-corrected chi connectivity index (χ4v) is 5.06. The van der Waals surface area contributed by atoms with Gasteiger partial charge in [-0.05, 0) is 54.8 Å². The predicted octanol–water partition coefficient (Wildman–Crippen LogP) is 4.30. The van der Waals surface area contributed by atoms with Gasteiger partial charge in [0.2, 0.25) is 10.0 Å². The number of carbonyl (C=O) groups is 1. The minimum atomic E-state index is -3.56. The van der Waals surface area contributed by atoms with Gasteiger partial charge in [0, 0.05) is 22.6 Å². The fraction of sp³-hybridized carbons (Fsp3) is 0.381. The topological polar surface area (TPSA) is 84.5 Å². The van der Waals surface area contributed by atoms with Gasteiger partial charge in [0.15, 0.2) is 6.61 Å². The Morgan fingerprint density at radius 3 is 2.40 bits per heavy atom. The van der Waals surface area contributed by atoms with Gasteiger partial charge in [-0.15, -0.1) is 0 Å². The number of benzene rings is 2. The van der Waals surface area contributed by atoms with Crippen LogP contribution in [-0.4, -0.2) is 27.0 Å². The molecule has 30 heavy (non-hydrogen) atoms. The lowest BCUT2D eigenvalue weighted by Crippen LogP contribution is -2.36. The lowest BCUT2D eigenvalue weighted by molar-refractivity contribution is -0.123. The van der Waals surface area contributed by atoms with Gasteiger partial charge in [-0.1, -0.05) is 48.5 Å². The first kappa shape index (κ1) is 22.9. The highest BCUT2D eigenvalue weighted by molar-refractivity contribution is 7.89. The molecule has 1 fully saturated rings. The summed E-state index contributed by atoms with van der Waals surface area (Å²) in [6.45, 7) is 0.0554. The van der Waals surface area contributed by atoms with Gasteiger partial charge < -0.3 is 10.1 Å². The van der Waals surface area contributed by atoms with Crippen molar-refractivity contribution >= 4 is 39.1 Å². The lowest BCUT2D eigenvalue weighted by Gasteiger charge is -2.22. The maximum Gasteiger partial charge on any atom is 0.258 e. The second-order valence-electron chi connectivity index (χ2n) is 7.23.